The number of carbonyl (C=O) groups excluding carboxylic acids is 3. The Bertz CT molecular complexity index is 1520. The van der Waals surface area contributed by atoms with E-state index < -0.39 is 41.7 Å². The fourth-order valence-electron chi connectivity index (χ4n) is 5.22. The van der Waals surface area contributed by atoms with Gasteiger partial charge >= 0.3 is 6.18 Å². The Balaban J connectivity index is 1.51. The van der Waals surface area contributed by atoms with Crippen molar-refractivity contribution in [2.24, 2.45) is 5.73 Å². The van der Waals surface area contributed by atoms with Crippen LogP contribution < -0.4 is 11.1 Å². The Morgan fingerprint density at radius 3 is 2.50 bits per heavy atom. The topological polar surface area (TPSA) is 102 Å². The Morgan fingerprint density at radius 1 is 1.10 bits per heavy atom. The van der Waals surface area contributed by atoms with Gasteiger partial charge in [0.2, 0.25) is 5.91 Å². The largest absolute Gasteiger partial charge is 0.398 e. The second-order valence-corrected chi connectivity index (χ2v) is 11.3. The van der Waals surface area contributed by atoms with Gasteiger partial charge in [0, 0.05) is 29.0 Å². The van der Waals surface area contributed by atoms with Gasteiger partial charge in [-0.15, -0.1) is 0 Å². The summed E-state index contributed by atoms with van der Waals surface area (Å²) in [4.78, 5) is 42.1. The SMILES string of the molecule is C[C@]1(C(N)=O)CCc2c1cc([C@@H](CNC(=O)c1ccc3c(c1)SC(=O)CC3)C(F)(F)F)nc2-c1ccc(F)cc1. The number of rotatable bonds is 6. The number of nitrogens with one attached hydrogen (secondary N) is 1. The number of thioether (sulfide) groups is 1. The lowest BCUT2D eigenvalue weighted by atomic mass is 9.82. The normalized spacial score (nSPS) is 19.1. The first kappa shape index (κ1) is 27.8. The van der Waals surface area contributed by atoms with Crippen LogP contribution in [0.5, 0.6) is 0 Å². The molecule has 0 unspecified atom stereocenters. The minimum Gasteiger partial charge on any atom is -0.369 e. The first-order valence-electron chi connectivity index (χ1n) is 12.7. The predicted octanol–water partition coefficient (Wildman–Crippen LogP) is 5.22. The van der Waals surface area contributed by atoms with Crippen LogP contribution in [0, 0.1) is 5.82 Å². The number of nitrogens with zero attached hydrogens (tertiary/aromatic N) is 1. The maximum atomic E-state index is 14.4. The van der Waals surface area contributed by atoms with Gasteiger partial charge in [0.25, 0.3) is 5.91 Å². The van der Waals surface area contributed by atoms with Gasteiger partial charge in [-0.25, -0.2) is 4.39 Å². The number of carbonyl (C=O) groups is 3. The van der Waals surface area contributed by atoms with Crippen molar-refractivity contribution < 1.29 is 31.9 Å². The molecule has 208 valence electrons. The van der Waals surface area contributed by atoms with Gasteiger partial charge in [-0.1, -0.05) is 17.8 Å². The number of fused-ring (bicyclic) bond motifs is 2. The Kier molecular flexibility index (Phi) is 7.20. The van der Waals surface area contributed by atoms with Crippen LogP contribution in [0.15, 0.2) is 53.4 Å². The van der Waals surface area contributed by atoms with E-state index >= 15 is 0 Å². The third kappa shape index (κ3) is 5.22. The molecule has 3 N–H and O–H groups in total. The zero-order chi connectivity index (χ0) is 28.8. The Hall–Kier alpha value is -3.73. The van der Waals surface area contributed by atoms with E-state index in [1.165, 1.54) is 42.5 Å². The number of pyridine rings is 1. The molecular weight excluding hydrogens is 546 g/mol. The van der Waals surface area contributed by atoms with E-state index in [1.807, 2.05) is 0 Å². The third-order valence-electron chi connectivity index (χ3n) is 7.65. The quantitative estimate of drug-likeness (QED) is 0.395. The molecule has 0 bridgehead atoms. The lowest BCUT2D eigenvalue weighted by Gasteiger charge is -2.26. The van der Waals surface area contributed by atoms with Crippen molar-refractivity contribution in [1.29, 1.82) is 0 Å². The number of nitrogens with two attached hydrogens (primary N) is 1. The highest BCUT2D eigenvalue weighted by Crippen LogP contribution is 2.45. The van der Waals surface area contributed by atoms with E-state index in [9.17, 15) is 31.9 Å². The van der Waals surface area contributed by atoms with E-state index in [0.29, 0.717) is 47.3 Å². The average Bonchev–Trinajstić information content (AvgIpc) is 3.25. The summed E-state index contributed by atoms with van der Waals surface area (Å²) < 4.78 is 56.9. The summed E-state index contributed by atoms with van der Waals surface area (Å²) in [5, 5.41) is 2.33. The van der Waals surface area contributed by atoms with Crippen LogP contribution in [0.1, 0.15) is 58.4 Å². The number of primary amides is 1. The summed E-state index contributed by atoms with van der Waals surface area (Å²) in [6.07, 6.45) is -3.21. The van der Waals surface area contributed by atoms with Crippen LogP contribution in [-0.2, 0) is 27.8 Å². The molecule has 2 aliphatic rings. The van der Waals surface area contributed by atoms with Gasteiger partial charge in [0.1, 0.15) is 11.7 Å². The molecule has 0 radical (unpaired) electrons. The number of hydrogen-bond donors (Lipinski definition) is 2. The lowest BCUT2D eigenvalue weighted by molar-refractivity contribution is -0.149. The number of halogens is 4. The smallest absolute Gasteiger partial charge is 0.369 e. The molecule has 5 rings (SSSR count). The van der Waals surface area contributed by atoms with Crippen molar-refractivity contribution in [3.8, 4) is 11.3 Å². The highest BCUT2D eigenvalue weighted by molar-refractivity contribution is 8.13. The standard InChI is InChI=1S/C29H25F4N3O3S/c1-28(27(34)39)11-10-19-20(28)13-22(36-25(19)16-4-7-18(30)8-5-16)21(29(31,32)33)14-35-26(38)17-3-2-15-6-9-24(37)40-23(15)12-17/h2-5,7-8,12-13,21H,6,9-11,14H2,1H3,(H2,34,39)(H,35,38)/t21-,28+/m1/s1. The molecule has 11 heteroatoms. The molecule has 0 saturated heterocycles. The second-order valence-electron chi connectivity index (χ2n) is 10.2. The van der Waals surface area contributed by atoms with E-state index in [-0.39, 0.29) is 22.1 Å². The van der Waals surface area contributed by atoms with Gasteiger partial charge in [-0.2, -0.15) is 13.2 Å². The molecule has 2 heterocycles. The molecule has 3 aromatic rings. The molecule has 1 aliphatic heterocycles. The van der Waals surface area contributed by atoms with Gasteiger partial charge in [-0.05, 0) is 85.3 Å². The minimum atomic E-state index is -4.80. The number of alkyl halides is 3. The van der Waals surface area contributed by atoms with Crippen molar-refractivity contribution in [3.63, 3.8) is 0 Å². The van der Waals surface area contributed by atoms with Gasteiger partial charge < -0.3 is 11.1 Å². The molecule has 2 amide bonds. The number of benzene rings is 2. The maximum Gasteiger partial charge on any atom is 0.398 e. The van der Waals surface area contributed by atoms with Crippen molar-refractivity contribution in [3.05, 3.63) is 82.3 Å². The summed E-state index contributed by atoms with van der Waals surface area (Å²) in [6, 6.07) is 11.2. The average molecular weight is 572 g/mol. The fourth-order valence-corrected chi connectivity index (χ4v) is 6.16. The zero-order valence-electron chi connectivity index (χ0n) is 21.4. The third-order valence-corrected chi connectivity index (χ3v) is 8.68. The Labute approximate surface area is 231 Å². The minimum absolute atomic E-state index is 0.0372. The molecule has 0 fully saturated rings. The first-order valence-corrected chi connectivity index (χ1v) is 13.5. The monoisotopic (exact) mass is 571 g/mol. The number of amides is 2. The highest BCUT2D eigenvalue weighted by Gasteiger charge is 2.46. The number of aromatic nitrogens is 1. The van der Waals surface area contributed by atoms with Crippen molar-refractivity contribution in [2.45, 2.75) is 55.0 Å². The predicted molar refractivity (Wildman–Crippen MR) is 141 cm³/mol. The Morgan fingerprint density at radius 2 is 1.82 bits per heavy atom. The van der Waals surface area contributed by atoms with E-state index in [4.69, 9.17) is 5.73 Å². The van der Waals surface area contributed by atoms with Crippen LogP contribution >= 0.6 is 11.8 Å². The summed E-state index contributed by atoms with van der Waals surface area (Å²) in [5.74, 6) is -4.11. The molecular formula is C29H25F4N3O3S. The molecule has 40 heavy (non-hydrogen) atoms. The molecule has 1 aliphatic carbocycles. The fraction of sp³-hybridized carbons (Fsp3) is 0.310. The summed E-state index contributed by atoms with van der Waals surface area (Å²) in [5.41, 5.74) is 6.68. The number of aryl methyl sites for hydroxylation is 1. The highest BCUT2D eigenvalue weighted by atomic mass is 32.2. The van der Waals surface area contributed by atoms with Crippen molar-refractivity contribution in [1.82, 2.24) is 10.3 Å². The van der Waals surface area contributed by atoms with Gasteiger partial charge in [-0.3, -0.25) is 19.4 Å². The van der Waals surface area contributed by atoms with E-state index in [0.717, 1.165) is 17.3 Å². The molecule has 1 aromatic heterocycles. The van der Waals surface area contributed by atoms with Crippen LogP contribution in [0.4, 0.5) is 17.6 Å². The summed E-state index contributed by atoms with van der Waals surface area (Å²) in [7, 11) is 0. The molecule has 2 atom stereocenters. The molecule has 0 saturated carbocycles. The van der Waals surface area contributed by atoms with Gasteiger partial charge in [0.05, 0.1) is 16.8 Å². The second kappa shape index (κ2) is 10.3. The summed E-state index contributed by atoms with van der Waals surface area (Å²) >= 11 is 1.01. The summed E-state index contributed by atoms with van der Waals surface area (Å²) in [6.45, 7) is 0.774. The first-order chi connectivity index (χ1) is 18.9. The lowest BCUT2D eigenvalue weighted by Crippen LogP contribution is -2.38. The maximum absolute atomic E-state index is 14.4. The molecule has 2 aromatic carbocycles. The van der Waals surface area contributed by atoms with Gasteiger partial charge in [0.15, 0.2) is 5.12 Å². The molecule has 6 nitrogen and oxygen atoms in total. The number of hydrogen-bond acceptors (Lipinski definition) is 5. The van der Waals surface area contributed by atoms with E-state index in [2.05, 4.69) is 10.3 Å². The van der Waals surface area contributed by atoms with Crippen molar-refractivity contribution in [2.75, 3.05) is 6.54 Å². The van der Waals surface area contributed by atoms with E-state index in [1.54, 1.807) is 13.0 Å². The molecule has 0 spiro atoms. The van der Waals surface area contributed by atoms with Crippen molar-refractivity contribution >= 4 is 28.7 Å². The van der Waals surface area contributed by atoms with Crippen LogP contribution in [-0.4, -0.2) is 34.6 Å². The zero-order valence-corrected chi connectivity index (χ0v) is 22.2. The van der Waals surface area contributed by atoms with Crippen LogP contribution in [0.3, 0.4) is 0 Å². The van der Waals surface area contributed by atoms with Crippen LogP contribution in [0.2, 0.25) is 0 Å². The van der Waals surface area contributed by atoms with Crippen LogP contribution in [0.25, 0.3) is 11.3 Å².